The van der Waals surface area contributed by atoms with Gasteiger partial charge in [-0.3, -0.25) is 0 Å². The Hall–Kier alpha value is -1.28. The van der Waals surface area contributed by atoms with Gasteiger partial charge in [0, 0.05) is 17.5 Å². The Balaban J connectivity index is 0.000000509. The molecule has 2 heteroatoms. The van der Waals surface area contributed by atoms with Crippen molar-refractivity contribution < 1.29 is 4.42 Å². The molecule has 0 saturated heterocycles. The number of benzene rings is 1. The van der Waals surface area contributed by atoms with Crippen LogP contribution in [0.1, 0.15) is 33.3 Å². The van der Waals surface area contributed by atoms with Crippen LogP contribution in [0.15, 0.2) is 34.9 Å². The molecule has 0 atom stereocenters. The van der Waals surface area contributed by atoms with Gasteiger partial charge in [-0.05, 0) is 13.1 Å². The van der Waals surface area contributed by atoms with Gasteiger partial charge in [0.05, 0.1) is 6.26 Å². The van der Waals surface area contributed by atoms with E-state index in [1.807, 2.05) is 46.9 Å². The first-order chi connectivity index (χ1) is 7.92. The van der Waals surface area contributed by atoms with Crippen molar-refractivity contribution in [3.8, 4) is 0 Å². The van der Waals surface area contributed by atoms with E-state index >= 15 is 0 Å². The fourth-order valence-corrected chi connectivity index (χ4v) is 1.38. The van der Waals surface area contributed by atoms with Gasteiger partial charge in [-0.25, -0.2) is 0 Å². The Labute approximate surface area is 98.7 Å². The number of fused-ring (bicyclic) bond motifs is 1. The maximum Gasteiger partial charge on any atom is 0.138 e. The number of para-hydroxylation sites is 1. The third kappa shape index (κ3) is 3.70. The second-order valence-electron chi connectivity index (χ2n) is 2.79. The molecule has 2 aromatic rings. The molecule has 90 valence electrons. The summed E-state index contributed by atoms with van der Waals surface area (Å²) >= 11 is 0. The molecule has 1 heterocycles. The van der Waals surface area contributed by atoms with E-state index in [2.05, 4.69) is 17.4 Å². The van der Waals surface area contributed by atoms with Gasteiger partial charge in [-0.15, -0.1) is 0 Å². The van der Waals surface area contributed by atoms with Crippen molar-refractivity contribution in [2.75, 3.05) is 7.05 Å². The average Bonchev–Trinajstić information content (AvgIpc) is 2.84. The second-order valence-corrected chi connectivity index (χ2v) is 2.79. The van der Waals surface area contributed by atoms with Crippen molar-refractivity contribution >= 4 is 11.0 Å². The quantitative estimate of drug-likeness (QED) is 0.822. The molecule has 1 aromatic heterocycles. The molecule has 0 fully saturated rings. The summed E-state index contributed by atoms with van der Waals surface area (Å²) in [5.74, 6) is 0. The highest BCUT2D eigenvalue weighted by atomic mass is 16.3. The minimum atomic E-state index is 0.852. The van der Waals surface area contributed by atoms with Crippen LogP contribution in [0.4, 0.5) is 0 Å². The smallest absolute Gasteiger partial charge is 0.138 e. The van der Waals surface area contributed by atoms with E-state index in [0.29, 0.717) is 0 Å². The molecule has 0 bridgehead atoms. The van der Waals surface area contributed by atoms with Gasteiger partial charge in [-0.2, -0.15) is 0 Å². The lowest BCUT2D eigenvalue weighted by Gasteiger charge is -1.99. The topological polar surface area (TPSA) is 25.2 Å². The van der Waals surface area contributed by atoms with E-state index in [-0.39, 0.29) is 0 Å². The first-order valence-electron chi connectivity index (χ1n) is 6.01. The zero-order valence-electron chi connectivity index (χ0n) is 11.0. The van der Waals surface area contributed by atoms with E-state index in [1.165, 1.54) is 10.9 Å². The largest absolute Gasteiger partial charge is 0.464 e. The summed E-state index contributed by atoms with van der Waals surface area (Å²) in [6.45, 7) is 8.85. The zero-order chi connectivity index (χ0) is 12.4. The third-order valence-electron chi connectivity index (χ3n) is 1.93. The maximum absolute atomic E-state index is 5.36. The number of rotatable bonds is 2. The van der Waals surface area contributed by atoms with Crippen LogP contribution in [0.2, 0.25) is 0 Å². The fourth-order valence-electron chi connectivity index (χ4n) is 1.38. The summed E-state index contributed by atoms with van der Waals surface area (Å²) in [7, 11) is 1.93. The molecule has 16 heavy (non-hydrogen) atoms. The Bertz CT molecular complexity index is 379. The molecule has 0 spiro atoms. The van der Waals surface area contributed by atoms with Gasteiger partial charge in [0.1, 0.15) is 5.58 Å². The molecule has 1 N–H and O–H groups in total. The van der Waals surface area contributed by atoms with Crippen LogP contribution in [-0.2, 0) is 6.54 Å². The van der Waals surface area contributed by atoms with E-state index in [9.17, 15) is 0 Å². The van der Waals surface area contributed by atoms with Crippen LogP contribution in [-0.4, -0.2) is 7.05 Å². The predicted octanol–water partition coefficient (Wildman–Crippen LogP) is 4.20. The Morgan fingerprint density at radius 1 is 1.06 bits per heavy atom. The lowest BCUT2D eigenvalue weighted by Crippen LogP contribution is -2.04. The molecule has 0 aliphatic rings. The molecule has 2 nitrogen and oxygen atoms in total. The molecular weight excluding hydrogens is 198 g/mol. The first-order valence-corrected chi connectivity index (χ1v) is 6.01. The fraction of sp³-hybridized carbons (Fsp3) is 0.429. The summed E-state index contributed by atoms with van der Waals surface area (Å²) in [6.07, 6.45) is 1.73. The highest BCUT2D eigenvalue weighted by Gasteiger charge is 2.01. The van der Waals surface area contributed by atoms with Crippen LogP contribution < -0.4 is 5.32 Å². The lowest BCUT2D eigenvalue weighted by molar-refractivity contribution is 0.608. The number of hydrogen-bond acceptors (Lipinski definition) is 2. The first kappa shape index (κ1) is 14.7. The minimum absolute atomic E-state index is 0.852. The van der Waals surface area contributed by atoms with Gasteiger partial charge in [0.15, 0.2) is 0 Å². The van der Waals surface area contributed by atoms with Crippen molar-refractivity contribution in [2.24, 2.45) is 0 Å². The molecule has 0 aliphatic heterocycles. The van der Waals surface area contributed by atoms with Crippen LogP contribution >= 0.6 is 0 Å². The molecule has 0 amide bonds. The summed E-state index contributed by atoms with van der Waals surface area (Å²) in [6, 6.07) is 8.15. The summed E-state index contributed by atoms with van der Waals surface area (Å²) in [5.41, 5.74) is 2.20. The summed E-state index contributed by atoms with van der Waals surface area (Å²) in [5, 5.41) is 4.28. The maximum atomic E-state index is 5.36. The van der Waals surface area contributed by atoms with Crippen molar-refractivity contribution in [3.63, 3.8) is 0 Å². The normalized spacial score (nSPS) is 8.81. The summed E-state index contributed by atoms with van der Waals surface area (Å²) < 4.78 is 5.36. The molecule has 0 unspecified atom stereocenters. The second kappa shape index (κ2) is 8.98. The van der Waals surface area contributed by atoms with Gasteiger partial charge >= 0.3 is 0 Å². The number of nitrogens with one attached hydrogen (secondary N) is 1. The minimum Gasteiger partial charge on any atom is -0.464 e. The molecular formula is C14H23NO. The standard InChI is InChI=1S/C10H11NO.2C2H6/c1-11-7-9-4-2-3-8-5-6-12-10(8)9;2*1-2/h2-6,11H,7H2,1H3;2*1-2H3. The van der Waals surface area contributed by atoms with E-state index in [1.54, 1.807) is 6.26 Å². The average molecular weight is 221 g/mol. The van der Waals surface area contributed by atoms with E-state index < -0.39 is 0 Å². The Kier molecular flexibility index (Phi) is 8.26. The molecule has 2 rings (SSSR count). The van der Waals surface area contributed by atoms with Crippen LogP contribution in [0.5, 0.6) is 0 Å². The number of furan rings is 1. The lowest BCUT2D eigenvalue weighted by atomic mass is 10.1. The van der Waals surface area contributed by atoms with Gasteiger partial charge < -0.3 is 9.73 Å². The number of hydrogen-bond donors (Lipinski definition) is 1. The van der Waals surface area contributed by atoms with E-state index in [0.717, 1.165) is 12.1 Å². The van der Waals surface area contributed by atoms with Crippen LogP contribution in [0, 0.1) is 0 Å². The van der Waals surface area contributed by atoms with Gasteiger partial charge in [-0.1, -0.05) is 45.9 Å². The van der Waals surface area contributed by atoms with Crippen molar-refractivity contribution in [1.82, 2.24) is 5.32 Å². The zero-order valence-corrected chi connectivity index (χ0v) is 11.0. The third-order valence-corrected chi connectivity index (χ3v) is 1.93. The Morgan fingerprint density at radius 2 is 1.75 bits per heavy atom. The van der Waals surface area contributed by atoms with Crippen molar-refractivity contribution in [2.45, 2.75) is 34.2 Å². The van der Waals surface area contributed by atoms with Crippen molar-refractivity contribution in [1.29, 1.82) is 0 Å². The van der Waals surface area contributed by atoms with Crippen LogP contribution in [0.25, 0.3) is 11.0 Å². The van der Waals surface area contributed by atoms with E-state index in [4.69, 9.17) is 4.42 Å². The molecule has 0 aliphatic carbocycles. The van der Waals surface area contributed by atoms with Crippen LogP contribution in [0.3, 0.4) is 0 Å². The summed E-state index contributed by atoms with van der Waals surface area (Å²) in [4.78, 5) is 0. The van der Waals surface area contributed by atoms with Gasteiger partial charge in [0.2, 0.25) is 0 Å². The highest BCUT2D eigenvalue weighted by molar-refractivity contribution is 5.80. The predicted molar refractivity (Wildman–Crippen MR) is 71.7 cm³/mol. The molecule has 1 aromatic carbocycles. The van der Waals surface area contributed by atoms with Gasteiger partial charge in [0.25, 0.3) is 0 Å². The van der Waals surface area contributed by atoms with Crippen molar-refractivity contribution in [3.05, 3.63) is 36.1 Å². The Morgan fingerprint density at radius 3 is 2.38 bits per heavy atom. The molecule has 0 saturated carbocycles. The highest BCUT2D eigenvalue weighted by Crippen LogP contribution is 2.19. The molecule has 0 radical (unpaired) electrons. The SMILES string of the molecule is CC.CC.CNCc1cccc2ccoc12. The monoisotopic (exact) mass is 221 g/mol.